The lowest BCUT2D eigenvalue weighted by Crippen LogP contribution is -2.46. The highest BCUT2D eigenvalue weighted by molar-refractivity contribution is 5.46. The second-order valence-corrected chi connectivity index (χ2v) is 7.24. The topological polar surface area (TPSA) is 66.9 Å². The zero-order chi connectivity index (χ0) is 19.3. The molecule has 8 nitrogen and oxygen atoms in total. The van der Waals surface area contributed by atoms with Gasteiger partial charge in [-0.05, 0) is 18.6 Å². The molecular formula is C20H28N6O2. The number of pyridine rings is 1. The average Bonchev–Trinajstić information content (AvgIpc) is 2.74. The smallest absolute Gasteiger partial charge is 0.227 e. The van der Waals surface area contributed by atoms with Gasteiger partial charge in [0.2, 0.25) is 11.8 Å². The summed E-state index contributed by atoms with van der Waals surface area (Å²) in [5.74, 6) is 2.52. The summed E-state index contributed by atoms with van der Waals surface area (Å²) in [5, 5.41) is 0. The van der Waals surface area contributed by atoms with E-state index in [9.17, 15) is 0 Å². The summed E-state index contributed by atoms with van der Waals surface area (Å²) < 4.78 is 10.7. The number of ether oxygens (including phenoxy) is 2. The van der Waals surface area contributed by atoms with Gasteiger partial charge in [-0.3, -0.25) is 4.90 Å². The van der Waals surface area contributed by atoms with Gasteiger partial charge in [0, 0.05) is 69.8 Å². The van der Waals surface area contributed by atoms with Crippen molar-refractivity contribution in [1.29, 1.82) is 0 Å². The first-order valence-corrected chi connectivity index (χ1v) is 9.86. The minimum absolute atomic E-state index is 0.667. The molecule has 2 saturated heterocycles. The largest absolute Gasteiger partial charge is 0.481 e. The van der Waals surface area contributed by atoms with Crippen molar-refractivity contribution in [3.63, 3.8) is 0 Å². The Morgan fingerprint density at radius 3 is 2.54 bits per heavy atom. The summed E-state index contributed by atoms with van der Waals surface area (Å²) in [7, 11) is 1.65. The first-order valence-electron chi connectivity index (χ1n) is 9.86. The number of piperazine rings is 1. The number of hydrogen-bond acceptors (Lipinski definition) is 8. The molecule has 2 aliphatic heterocycles. The van der Waals surface area contributed by atoms with Crippen LogP contribution in [0.2, 0.25) is 0 Å². The molecule has 0 unspecified atom stereocenters. The van der Waals surface area contributed by atoms with Crippen LogP contribution in [0.5, 0.6) is 5.88 Å². The maximum absolute atomic E-state index is 5.46. The average molecular weight is 384 g/mol. The molecule has 8 heteroatoms. The van der Waals surface area contributed by atoms with Crippen molar-refractivity contribution >= 4 is 11.8 Å². The van der Waals surface area contributed by atoms with E-state index in [0.717, 1.165) is 76.5 Å². The molecule has 4 heterocycles. The van der Waals surface area contributed by atoms with E-state index in [4.69, 9.17) is 19.4 Å². The van der Waals surface area contributed by atoms with E-state index in [1.165, 1.54) is 5.56 Å². The molecule has 28 heavy (non-hydrogen) atoms. The van der Waals surface area contributed by atoms with E-state index >= 15 is 0 Å². The van der Waals surface area contributed by atoms with Gasteiger partial charge >= 0.3 is 0 Å². The van der Waals surface area contributed by atoms with Crippen LogP contribution in [-0.2, 0) is 11.3 Å². The second kappa shape index (κ2) is 8.70. The Balaban J connectivity index is 1.38. The Bertz CT molecular complexity index is 788. The third kappa shape index (κ3) is 4.51. The van der Waals surface area contributed by atoms with Crippen LogP contribution in [0.25, 0.3) is 0 Å². The Labute approximate surface area is 166 Å². The van der Waals surface area contributed by atoms with Crippen LogP contribution >= 0.6 is 0 Å². The molecule has 0 radical (unpaired) electrons. The Kier molecular flexibility index (Phi) is 5.87. The van der Waals surface area contributed by atoms with E-state index < -0.39 is 0 Å². The maximum Gasteiger partial charge on any atom is 0.227 e. The van der Waals surface area contributed by atoms with Crippen LogP contribution < -0.4 is 14.5 Å². The molecule has 2 aromatic rings. The molecule has 0 spiro atoms. The zero-order valence-corrected chi connectivity index (χ0v) is 16.7. The molecule has 0 atom stereocenters. The van der Waals surface area contributed by atoms with E-state index in [1.807, 2.05) is 19.1 Å². The lowest BCUT2D eigenvalue weighted by Gasteiger charge is -2.35. The Hall–Kier alpha value is -2.45. The predicted molar refractivity (Wildman–Crippen MR) is 108 cm³/mol. The number of aromatic nitrogens is 3. The first-order chi connectivity index (χ1) is 13.7. The van der Waals surface area contributed by atoms with Gasteiger partial charge in [-0.2, -0.15) is 4.98 Å². The molecule has 2 aliphatic rings. The van der Waals surface area contributed by atoms with Gasteiger partial charge in [0.05, 0.1) is 20.3 Å². The van der Waals surface area contributed by atoms with Crippen LogP contribution in [0.15, 0.2) is 24.4 Å². The van der Waals surface area contributed by atoms with Crippen molar-refractivity contribution in [3.05, 3.63) is 35.7 Å². The molecule has 0 N–H and O–H groups in total. The van der Waals surface area contributed by atoms with Crippen LogP contribution in [0.3, 0.4) is 0 Å². The van der Waals surface area contributed by atoms with Crippen LogP contribution in [0, 0.1) is 6.92 Å². The van der Waals surface area contributed by atoms with Crippen molar-refractivity contribution in [3.8, 4) is 5.88 Å². The van der Waals surface area contributed by atoms with E-state index in [1.54, 1.807) is 13.3 Å². The van der Waals surface area contributed by atoms with Crippen molar-refractivity contribution in [1.82, 2.24) is 19.9 Å². The van der Waals surface area contributed by atoms with Crippen molar-refractivity contribution in [2.45, 2.75) is 13.5 Å². The fraction of sp³-hybridized carbons (Fsp3) is 0.550. The molecule has 150 valence electrons. The van der Waals surface area contributed by atoms with E-state index in [2.05, 4.69) is 25.8 Å². The number of aryl methyl sites for hydroxylation is 1. The lowest BCUT2D eigenvalue weighted by molar-refractivity contribution is 0.122. The maximum atomic E-state index is 5.46. The van der Waals surface area contributed by atoms with Crippen molar-refractivity contribution in [2.24, 2.45) is 0 Å². The summed E-state index contributed by atoms with van der Waals surface area (Å²) in [6.45, 7) is 10.1. The van der Waals surface area contributed by atoms with E-state index in [-0.39, 0.29) is 0 Å². The molecule has 2 fully saturated rings. The molecule has 0 bridgehead atoms. The zero-order valence-electron chi connectivity index (χ0n) is 16.7. The lowest BCUT2D eigenvalue weighted by atomic mass is 10.2. The van der Waals surface area contributed by atoms with Crippen LogP contribution in [-0.4, -0.2) is 79.4 Å². The summed E-state index contributed by atoms with van der Waals surface area (Å²) >= 11 is 0. The normalized spacial score (nSPS) is 18.4. The Morgan fingerprint density at radius 1 is 1.00 bits per heavy atom. The van der Waals surface area contributed by atoms with Gasteiger partial charge < -0.3 is 19.3 Å². The van der Waals surface area contributed by atoms with Gasteiger partial charge in [-0.1, -0.05) is 0 Å². The van der Waals surface area contributed by atoms with Gasteiger partial charge in [-0.15, -0.1) is 0 Å². The number of hydrogen-bond donors (Lipinski definition) is 0. The predicted octanol–water partition coefficient (Wildman–Crippen LogP) is 1.35. The highest BCUT2D eigenvalue weighted by atomic mass is 16.5. The van der Waals surface area contributed by atoms with Crippen molar-refractivity contribution in [2.75, 3.05) is 69.4 Å². The second-order valence-electron chi connectivity index (χ2n) is 7.24. The third-order valence-corrected chi connectivity index (χ3v) is 5.23. The highest BCUT2D eigenvalue weighted by Crippen LogP contribution is 2.20. The van der Waals surface area contributed by atoms with Crippen LogP contribution in [0.4, 0.5) is 11.8 Å². The minimum Gasteiger partial charge on any atom is -0.481 e. The van der Waals surface area contributed by atoms with Gasteiger partial charge in [0.25, 0.3) is 0 Å². The number of anilines is 2. The van der Waals surface area contributed by atoms with E-state index in [0.29, 0.717) is 5.88 Å². The molecule has 2 aromatic heterocycles. The molecule has 0 aromatic carbocycles. The van der Waals surface area contributed by atoms with Gasteiger partial charge in [0.1, 0.15) is 5.82 Å². The van der Waals surface area contributed by atoms with Gasteiger partial charge in [0.15, 0.2) is 0 Å². The fourth-order valence-corrected chi connectivity index (χ4v) is 3.66. The SMILES string of the molecule is COc1cc(CN2CCN(c3nc(C)cc(N4CCOCC4)n3)CC2)ccn1. The quantitative estimate of drug-likeness (QED) is 0.765. The Morgan fingerprint density at radius 2 is 1.79 bits per heavy atom. The van der Waals surface area contributed by atoms with Gasteiger partial charge in [-0.25, -0.2) is 9.97 Å². The van der Waals surface area contributed by atoms with Crippen LogP contribution in [0.1, 0.15) is 11.3 Å². The molecule has 0 aliphatic carbocycles. The summed E-state index contributed by atoms with van der Waals surface area (Å²) in [4.78, 5) is 20.8. The standard InChI is InChI=1S/C20H28N6O2/c1-16-13-18(25-9-11-28-12-10-25)23-20(22-16)26-7-5-24(6-8-26)15-17-3-4-21-19(14-17)27-2/h3-4,13-14H,5-12,15H2,1-2H3. The number of methoxy groups -OCH3 is 1. The number of nitrogens with zero attached hydrogens (tertiary/aromatic N) is 6. The fourth-order valence-electron chi connectivity index (χ4n) is 3.66. The number of rotatable bonds is 5. The summed E-state index contributed by atoms with van der Waals surface area (Å²) in [5.41, 5.74) is 2.24. The van der Waals surface area contributed by atoms with Crippen molar-refractivity contribution < 1.29 is 9.47 Å². The molecule has 0 saturated carbocycles. The summed E-state index contributed by atoms with van der Waals surface area (Å²) in [6.07, 6.45) is 1.80. The monoisotopic (exact) mass is 384 g/mol. The first kappa shape index (κ1) is 18.9. The molecule has 4 rings (SSSR count). The minimum atomic E-state index is 0.667. The highest BCUT2D eigenvalue weighted by Gasteiger charge is 2.21. The summed E-state index contributed by atoms with van der Waals surface area (Å²) in [6, 6.07) is 6.12. The molecular weight excluding hydrogens is 356 g/mol. The molecule has 0 amide bonds. The number of morpholine rings is 1. The third-order valence-electron chi connectivity index (χ3n) is 5.23.